The molecule has 0 spiro atoms. The van der Waals surface area contributed by atoms with E-state index in [2.05, 4.69) is 71.6 Å². The van der Waals surface area contributed by atoms with E-state index < -0.39 is 5.97 Å². The van der Waals surface area contributed by atoms with Gasteiger partial charge in [0.15, 0.2) is 0 Å². The fourth-order valence-electron chi connectivity index (χ4n) is 2.77. The van der Waals surface area contributed by atoms with Crippen LogP contribution < -0.4 is 14.9 Å². The third-order valence-electron chi connectivity index (χ3n) is 4.39. The van der Waals surface area contributed by atoms with Crippen molar-refractivity contribution in [1.29, 1.82) is 0 Å². The highest BCUT2D eigenvalue weighted by Crippen LogP contribution is 2.29. The van der Waals surface area contributed by atoms with Gasteiger partial charge in [-0.25, -0.2) is 10.2 Å². The molecule has 0 atom stereocenters. The molecule has 0 radical (unpaired) electrons. The number of amides is 1. The van der Waals surface area contributed by atoms with E-state index >= 15 is 0 Å². The van der Waals surface area contributed by atoms with Crippen molar-refractivity contribution in [3.63, 3.8) is 0 Å². The maximum atomic E-state index is 12.5. The minimum absolute atomic E-state index is 0.233. The molecule has 0 saturated carbocycles. The Labute approximate surface area is 226 Å². The number of hydrogen-bond donors (Lipinski definition) is 2. The summed E-state index contributed by atoms with van der Waals surface area (Å²) in [5, 5.41) is 13.1. The quantitative estimate of drug-likeness (QED) is 0.176. The number of rotatable bonds is 8. The number of ether oxygens (including phenoxy) is 2. The third-order valence-corrected chi connectivity index (χ3v) is 6.49. The third kappa shape index (κ3) is 6.90. The maximum absolute atomic E-state index is 12.5. The van der Waals surface area contributed by atoms with Gasteiger partial charge in [-0.05, 0) is 98.8 Å². The summed E-state index contributed by atoms with van der Waals surface area (Å²) >= 11 is 7.70. The van der Waals surface area contributed by atoms with Gasteiger partial charge in [-0.3, -0.25) is 4.79 Å². The molecule has 3 rings (SSSR count). The molecule has 7 nitrogen and oxygen atoms in total. The topological polar surface area (TPSA) is 97.2 Å². The molecule has 0 fully saturated rings. The van der Waals surface area contributed by atoms with Crippen molar-refractivity contribution in [3.05, 3.63) is 88.5 Å². The highest BCUT2D eigenvalue weighted by molar-refractivity contribution is 14.1. The van der Waals surface area contributed by atoms with E-state index in [0.717, 1.165) is 28.5 Å². The average molecular weight is 735 g/mol. The largest absolute Gasteiger partial charge is 0.496 e. The van der Waals surface area contributed by atoms with E-state index in [1.807, 2.05) is 12.1 Å². The molecule has 0 heterocycles. The van der Waals surface area contributed by atoms with Gasteiger partial charge < -0.3 is 14.6 Å². The van der Waals surface area contributed by atoms with Crippen LogP contribution in [0.5, 0.6) is 11.5 Å². The molecular weight excluding hydrogens is 718 g/mol. The molecule has 0 aliphatic rings. The number of aromatic carboxylic acids is 1. The van der Waals surface area contributed by atoms with Crippen molar-refractivity contribution in [2.24, 2.45) is 5.10 Å². The van der Waals surface area contributed by atoms with Gasteiger partial charge in [-0.2, -0.15) is 5.10 Å². The van der Waals surface area contributed by atoms with Crippen molar-refractivity contribution in [2.45, 2.75) is 6.61 Å². The second kappa shape index (κ2) is 11.8. The number of benzene rings is 3. The number of hydrazone groups is 1. The highest BCUT2D eigenvalue weighted by Gasteiger charge is 2.13. The number of carboxylic acid groups (broad SMARTS) is 1. The highest BCUT2D eigenvalue weighted by atomic mass is 127. The van der Waals surface area contributed by atoms with Gasteiger partial charge >= 0.3 is 5.97 Å². The molecule has 1 amide bonds. The monoisotopic (exact) mass is 734 g/mol. The van der Waals surface area contributed by atoms with Crippen molar-refractivity contribution in [3.8, 4) is 11.5 Å². The lowest BCUT2D eigenvalue weighted by atomic mass is 10.1. The first kappa shape index (κ1) is 25.4. The summed E-state index contributed by atoms with van der Waals surface area (Å²) in [5.74, 6) is -0.175. The minimum atomic E-state index is -0.962. The summed E-state index contributed by atoms with van der Waals surface area (Å²) in [6, 6.07) is 15.5. The van der Waals surface area contributed by atoms with Crippen molar-refractivity contribution in [1.82, 2.24) is 5.43 Å². The molecule has 0 unspecified atom stereocenters. The lowest BCUT2D eigenvalue weighted by Crippen LogP contribution is -2.18. The number of carboxylic acids is 1. The number of hydrogen-bond acceptors (Lipinski definition) is 5. The van der Waals surface area contributed by atoms with Crippen LogP contribution in [0.2, 0.25) is 0 Å². The van der Waals surface area contributed by atoms with Gasteiger partial charge in [0, 0.05) is 4.47 Å². The number of nitrogens with zero attached hydrogens (tertiary/aromatic N) is 1. The van der Waals surface area contributed by atoms with Crippen LogP contribution in [0, 0.1) is 7.14 Å². The smallest absolute Gasteiger partial charge is 0.335 e. The average Bonchev–Trinajstić information content (AvgIpc) is 2.78. The first-order valence-corrected chi connectivity index (χ1v) is 12.3. The summed E-state index contributed by atoms with van der Waals surface area (Å²) in [5.41, 5.74) is 4.77. The first-order chi connectivity index (χ1) is 15.8. The Balaban J connectivity index is 1.66. The summed E-state index contributed by atoms with van der Waals surface area (Å²) in [6.45, 7) is 0.309. The Morgan fingerprint density at radius 1 is 1.09 bits per heavy atom. The molecule has 3 aromatic rings. The molecular formula is C23H17BrI2N2O5. The van der Waals surface area contributed by atoms with Crippen molar-refractivity contribution >= 4 is 79.2 Å². The van der Waals surface area contributed by atoms with Gasteiger partial charge in [-0.15, -0.1) is 0 Å². The standard InChI is InChI=1S/C23H17BrI2N2O5/c1-32-20-7-6-16(24)10-17(20)22(29)28-27-11-14-8-18(25)21(19(26)9-14)33-12-13-2-4-15(5-3-13)23(30)31/h2-11H,12H2,1H3,(H,28,29)(H,30,31)/b27-11-. The van der Waals surface area contributed by atoms with Crippen molar-refractivity contribution in [2.75, 3.05) is 7.11 Å². The van der Waals surface area contributed by atoms with Crippen LogP contribution in [-0.4, -0.2) is 30.3 Å². The molecule has 0 bridgehead atoms. The second-order valence-electron chi connectivity index (χ2n) is 6.65. The summed E-state index contributed by atoms with van der Waals surface area (Å²) < 4.78 is 13.7. The minimum Gasteiger partial charge on any atom is -0.496 e. The first-order valence-electron chi connectivity index (χ1n) is 9.39. The van der Waals surface area contributed by atoms with Crippen LogP contribution in [0.25, 0.3) is 0 Å². The van der Waals surface area contributed by atoms with Gasteiger partial charge in [0.05, 0.1) is 31.6 Å². The Morgan fingerprint density at radius 3 is 2.36 bits per heavy atom. The zero-order valence-electron chi connectivity index (χ0n) is 17.1. The van der Waals surface area contributed by atoms with Crippen molar-refractivity contribution < 1.29 is 24.2 Å². The number of nitrogens with one attached hydrogen (secondary N) is 1. The summed E-state index contributed by atoms with van der Waals surface area (Å²) in [4.78, 5) is 23.4. The Bertz CT molecular complexity index is 1190. The van der Waals surface area contributed by atoms with Gasteiger partial charge in [0.2, 0.25) is 0 Å². The Kier molecular flexibility index (Phi) is 9.09. The summed E-state index contributed by atoms with van der Waals surface area (Å²) in [7, 11) is 1.50. The van der Waals surface area contributed by atoms with Gasteiger partial charge in [-0.1, -0.05) is 28.1 Å². The van der Waals surface area contributed by atoms with E-state index in [1.54, 1.807) is 48.7 Å². The van der Waals surface area contributed by atoms with E-state index in [9.17, 15) is 9.59 Å². The molecule has 0 aromatic heterocycles. The normalized spacial score (nSPS) is 10.8. The predicted octanol–water partition coefficient (Wildman–Crippen LogP) is 5.71. The molecule has 10 heteroatoms. The Morgan fingerprint density at radius 2 is 1.76 bits per heavy atom. The molecule has 0 saturated heterocycles. The number of methoxy groups -OCH3 is 1. The van der Waals surface area contributed by atoms with Crippen LogP contribution >= 0.6 is 61.1 Å². The summed E-state index contributed by atoms with van der Waals surface area (Å²) in [6.07, 6.45) is 1.56. The van der Waals surface area contributed by atoms with E-state index in [-0.39, 0.29) is 11.5 Å². The van der Waals surface area contributed by atoms with E-state index in [4.69, 9.17) is 14.6 Å². The molecule has 3 aromatic carbocycles. The van der Waals surface area contributed by atoms with E-state index in [0.29, 0.717) is 17.9 Å². The molecule has 33 heavy (non-hydrogen) atoms. The SMILES string of the molecule is COc1ccc(Br)cc1C(=O)N/N=C\c1cc(I)c(OCc2ccc(C(=O)O)cc2)c(I)c1. The fraction of sp³-hybridized carbons (Fsp3) is 0.0870. The van der Waals surface area contributed by atoms with Crippen LogP contribution in [0.4, 0.5) is 0 Å². The van der Waals surface area contributed by atoms with Crippen LogP contribution in [0.1, 0.15) is 31.8 Å². The Hall–Kier alpha value is -2.19. The lowest BCUT2D eigenvalue weighted by Gasteiger charge is -2.12. The molecule has 2 N–H and O–H groups in total. The fourth-order valence-corrected chi connectivity index (χ4v) is 5.26. The number of carbonyl (C=O) groups is 2. The van der Waals surface area contributed by atoms with Crippen LogP contribution in [0.3, 0.4) is 0 Å². The lowest BCUT2D eigenvalue weighted by molar-refractivity contribution is 0.0696. The van der Waals surface area contributed by atoms with E-state index in [1.165, 1.54) is 7.11 Å². The predicted molar refractivity (Wildman–Crippen MR) is 145 cm³/mol. The molecule has 170 valence electrons. The van der Waals surface area contributed by atoms with Gasteiger partial charge in [0.25, 0.3) is 5.91 Å². The van der Waals surface area contributed by atoms with Gasteiger partial charge in [0.1, 0.15) is 18.1 Å². The zero-order valence-corrected chi connectivity index (χ0v) is 23.0. The second-order valence-corrected chi connectivity index (χ2v) is 9.89. The number of carbonyl (C=O) groups excluding carboxylic acids is 1. The molecule has 0 aliphatic carbocycles. The van der Waals surface area contributed by atoms with Crippen LogP contribution in [-0.2, 0) is 6.61 Å². The maximum Gasteiger partial charge on any atom is 0.335 e. The molecule has 0 aliphatic heterocycles. The zero-order chi connectivity index (χ0) is 24.0. The van der Waals surface area contributed by atoms with Crippen LogP contribution in [0.15, 0.2) is 64.2 Å². The number of halogens is 3.